The van der Waals surface area contributed by atoms with Crippen molar-refractivity contribution in [2.24, 2.45) is 0 Å². The van der Waals surface area contributed by atoms with Crippen LogP contribution in [0, 0.1) is 0 Å². The molecule has 3 atom stereocenters. The van der Waals surface area contributed by atoms with Gasteiger partial charge in [-0.2, -0.15) is 0 Å². The quantitative estimate of drug-likeness (QED) is 0.630. The molecule has 1 amide bonds. The molecule has 2 saturated heterocycles. The molecule has 9 nitrogen and oxygen atoms in total. The smallest absolute Gasteiger partial charge is 0.227 e. The SMILES string of the molecule is COc1cc(CC(=O)N2CCCC2C2NNCC2c2ccnc(N(C)C)n2)ccc1O. The van der Waals surface area contributed by atoms with Gasteiger partial charge in [0.1, 0.15) is 0 Å². The molecule has 4 rings (SSSR count). The van der Waals surface area contributed by atoms with Gasteiger partial charge in [-0.15, -0.1) is 0 Å². The van der Waals surface area contributed by atoms with Crippen molar-refractivity contribution < 1.29 is 14.6 Å². The molecule has 9 heteroatoms. The summed E-state index contributed by atoms with van der Waals surface area (Å²) in [4.78, 5) is 26.1. The fourth-order valence-corrected chi connectivity index (χ4v) is 4.53. The average molecular weight is 427 g/mol. The van der Waals surface area contributed by atoms with Crippen LogP contribution in [0.1, 0.15) is 30.0 Å². The molecule has 2 fully saturated rings. The molecule has 3 heterocycles. The molecule has 1 aromatic carbocycles. The Balaban J connectivity index is 1.51. The fourth-order valence-electron chi connectivity index (χ4n) is 4.53. The van der Waals surface area contributed by atoms with E-state index in [1.807, 2.05) is 30.0 Å². The van der Waals surface area contributed by atoms with Gasteiger partial charge in [0.25, 0.3) is 0 Å². The second-order valence-electron chi connectivity index (χ2n) is 8.31. The second-order valence-corrected chi connectivity index (χ2v) is 8.31. The Kier molecular flexibility index (Phi) is 6.24. The minimum absolute atomic E-state index is 0.0729. The Hall–Kier alpha value is -2.91. The molecule has 3 N–H and O–H groups in total. The lowest BCUT2D eigenvalue weighted by Crippen LogP contribution is -2.50. The van der Waals surface area contributed by atoms with Gasteiger partial charge >= 0.3 is 0 Å². The third kappa shape index (κ3) is 4.42. The van der Waals surface area contributed by atoms with E-state index in [4.69, 9.17) is 9.72 Å². The maximum Gasteiger partial charge on any atom is 0.227 e. The zero-order chi connectivity index (χ0) is 22.0. The van der Waals surface area contributed by atoms with Gasteiger partial charge in [0, 0.05) is 45.3 Å². The van der Waals surface area contributed by atoms with Crippen LogP contribution in [-0.4, -0.2) is 72.3 Å². The minimum atomic E-state index is 0.0729. The number of hydrogen-bond donors (Lipinski definition) is 3. The minimum Gasteiger partial charge on any atom is -0.504 e. The zero-order valence-electron chi connectivity index (χ0n) is 18.2. The number of anilines is 1. The van der Waals surface area contributed by atoms with E-state index in [1.54, 1.807) is 24.4 Å². The summed E-state index contributed by atoms with van der Waals surface area (Å²) in [5.74, 6) is 1.37. The number of hydrogen-bond acceptors (Lipinski definition) is 8. The van der Waals surface area contributed by atoms with E-state index < -0.39 is 0 Å². The van der Waals surface area contributed by atoms with E-state index in [-0.39, 0.29) is 36.1 Å². The maximum absolute atomic E-state index is 13.2. The van der Waals surface area contributed by atoms with Crippen LogP contribution in [0.4, 0.5) is 5.95 Å². The molecular weight excluding hydrogens is 396 g/mol. The Morgan fingerprint density at radius 2 is 2.19 bits per heavy atom. The normalized spacial score (nSPS) is 23.2. The monoisotopic (exact) mass is 426 g/mol. The Bertz CT molecular complexity index is 937. The van der Waals surface area contributed by atoms with Crippen molar-refractivity contribution in [1.29, 1.82) is 0 Å². The number of phenolic OH excluding ortho intramolecular Hbond substituents is 1. The maximum atomic E-state index is 13.2. The number of amides is 1. The zero-order valence-corrected chi connectivity index (χ0v) is 18.2. The largest absolute Gasteiger partial charge is 0.504 e. The molecule has 0 aliphatic carbocycles. The number of aromatic nitrogens is 2. The van der Waals surface area contributed by atoms with E-state index in [2.05, 4.69) is 15.8 Å². The van der Waals surface area contributed by atoms with Gasteiger partial charge in [-0.25, -0.2) is 9.97 Å². The van der Waals surface area contributed by atoms with Crippen LogP contribution < -0.4 is 20.5 Å². The van der Waals surface area contributed by atoms with Gasteiger partial charge in [-0.1, -0.05) is 6.07 Å². The number of nitrogens with zero attached hydrogens (tertiary/aromatic N) is 4. The predicted molar refractivity (Wildman–Crippen MR) is 117 cm³/mol. The molecule has 166 valence electrons. The standard InChI is InChI=1S/C22H30N6O3/c1-27(2)22-23-9-8-16(25-22)15-13-24-26-21(15)17-5-4-10-28(17)20(30)12-14-6-7-18(29)19(11-14)31-3/h6-9,11,15,17,21,24,26,29H,4-5,10,12-13H2,1-3H3. The summed E-state index contributed by atoms with van der Waals surface area (Å²) in [7, 11) is 5.36. The van der Waals surface area contributed by atoms with Crippen LogP contribution in [-0.2, 0) is 11.2 Å². The number of carbonyl (C=O) groups excluding carboxylic acids is 1. The number of likely N-dealkylation sites (tertiary alicyclic amines) is 1. The number of hydrazine groups is 1. The van der Waals surface area contributed by atoms with Crippen molar-refractivity contribution in [1.82, 2.24) is 25.7 Å². The number of ether oxygens (including phenoxy) is 1. The highest BCUT2D eigenvalue weighted by molar-refractivity contribution is 5.79. The van der Waals surface area contributed by atoms with Crippen molar-refractivity contribution >= 4 is 11.9 Å². The molecule has 1 aromatic heterocycles. The van der Waals surface area contributed by atoms with E-state index >= 15 is 0 Å². The fraction of sp³-hybridized carbons (Fsp3) is 0.500. The first-order valence-electron chi connectivity index (χ1n) is 10.6. The van der Waals surface area contributed by atoms with Crippen LogP contribution in [0.5, 0.6) is 11.5 Å². The van der Waals surface area contributed by atoms with Crippen molar-refractivity contribution in [3.63, 3.8) is 0 Å². The molecule has 2 aliphatic heterocycles. The second kappa shape index (κ2) is 9.07. The van der Waals surface area contributed by atoms with Crippen LogP contribution in [0.25, 0.3) is 0 Å². The lowest BCUT2D eigenvalue weighted by Gasteiger charge is -2.32. The topological polar surface area (TPSA) is 103 Å². The van der Waals surface area contributed by atoms with Gasteiger partial charge in [-0.05, 0) is 36.6 Å². The predicted octanol–water partition coefficient (Wildman–Crippen LogP) is 1.05. The molecule has 31 heavy (non-hydrogen) atoms. The van der Waals surface area contributed by atoms with Crippen molar-refractivity contribution in [2.45, 2.75) is 37.3 Å². The third-order valence-electron chi connectivity index (χ3n) is 6.10. The Labute approximate surface area is 182 Å². The van der Waals surface area contributed by atoms with Crippen LogP contribution in [0.15, 0.2) is 30.5 Å². The Morgan fingerprint density at radius 3 is 2.97 bits per heavy atom. The van der Waals surface area contributed by atoms with E-state index in [1.165, 1.54) is 7.11 Å². The number of carbonyl (C=O) groups is 1. The third-order valence-corrected chi connectivity index (χ3v) is 6.10. The van der Waals surface area contributed by atoms with E-state index in [9.17, 15) is 9.90 Å². The summed E-state index contributed by atoms with van der Waals surface area (Å²) in [6.07, 6.45) is 4.00. The molecule has 0 saturated carbocycles. The summed E-state index contributed by atoms with van der Waals surface area (Å²) in [6.45, 7) is 1.50. The highest BCUT2D eigenvalue weighted by Gasteiger charge is 2.42. The van der Waals surface area contributed by atoms with E-state index in [0.29, 0.717) is 11.7 Å². The number of rotatable bonds is 6. The molecular formula is C22H30N6O3. The summed E-state index contributed by atoms with van der Waals surface area (Å²) in [6, 6.07) is 7.18. The average Bonchev–Trinajstić information content (AvgIpc) is 3.44. The summed E-state index contributed by atoms with van der Waals surface area (Å²) in [5.41, 5.74) is 8.47. The molecule has 2 aromatic rings. The summed E-state index contributed by atoms with van der Waals surface area (Å²) < 4.78 is 5.18. The van der Waals surface area contributed by atoms with Gasteiger partial charge < -0.3 is 19.6 Å². The van der Waals surface area contributed by atoms with Gasteiger partial charge in [0.15, 0.2) is 11.5 Å². The van der Waals surface area contributed by atoms with Crippen LogP contribution in [0.3, 0.4) is 0 Å². The number of benzene rings is 1. The Morgan fingerprint density at radius 1 is 1.35 bits per heavy atom. The molecule has 0 spiro atoms. The van der Waals surface area contributed by atoms with Crippen molar-refractivity contribution in [3.8, 4) is 11.5 Å². The lowest BCUT2D eigenvalue weighted by molar-refractivity contribution is -0.131. The van der Waals surface area contributed by atoms with Gasteiger partial charge in [-0.3, -0.25) is 15.6 Å². The number of phenols is 1. The van der Waals surface area contributed by atoms with Crippen molar-refractivity contribution in [2.75, 3.05) is 39.2 Å². The first kappa shape index (κ1) is 21.3. The van der Waals surface area contributed by atoms with Crippen LogP contribution in [0.2, 0.25) is 0 Å². The first-order chi connectivity index (χ1) is 15.0. The van der Waals surface area contributed by atoms with Crippen LogP contribution >= 0.6 is 0 Å². The number of aromatic hydroxyl groups is 1. The molecule has 0 bridgehead atoms. The van der Waals surface area contributed by atoms with Crippen molar-refractivity contribution in [3.05, 3.63) is 41.7 Å². The molecule has 3 unspecified atom stereocenters. The highest BCUT2D eigenvalue weighted by atomic mass is 16.5. The first-order valence-corrected chi connectivity index (χ1v) is 10.6. The number of methoxy groups -OCH3 is 1. The summed E-state index contributed by atoms with van der Waals surface area (Å²) in [5, 5.41) is 9.81. The van der Waals surface area contributed by atoms with Gasteiger partial charge in [0.05, 0.1) is 25.3 Å². The molecule has 0 radical (unpaired) electrons. The number of nitrogens with one attached hydrogen (secondary N) is 2. The highest BCUT2D eigenvalue weighted by Crippen LogP contribution is 2.32. The summed E-state index contributed by atoms with van der Waals surface area (Å²) >= 11 is 0. The lowest BCUT2D eigenvalue weighted by atomic mass is 9.90. The molecule has 2 aliphatic rings. The van der Waals surface area contributed by atoms with E-state index in [0.717, 1.165) is 37.2 Å². The van der Waals surface area contributed by atoms with Gasteiger partial charge in [0.2, 0.25) is 11.9 Å².